The number of ether oxygens (including phenoxy) is 1. The molecule has 10 heteroatoms. The average Bonchev–Trinajstić information content (AvgIpc) is 2.93. The van der Waals surface area contributed by atoms with Crippen LogP contribution in [0.15, 0.2) is 16.6 Å². The molecule has 2 aromatic heterocycles. The second-order valence-corrected chi connectivity index (χ2v) is 7.49. The van der Waals surface area contributed by atoms with E-state index >= 15 is 0 Å². The molecule has 21 heavy (non-hydrogen) atoms. The van der Waals surface area contributed by atoms with Crippen molar-refractivity contribution in [3.63, 3.8) is 0 Å². The largest absolute Gasteiger partial charge is 0.468 e. The van der Waals surface area contributed by atoms with Crippen molar-refractivity contribution in [2.24, 2.45) is 5.92 Å². The van der Waals surface area contributed by atoms with Gasteiger partial charge < -0.3 is 4.74 Å². The van der Waals surface area contributed by atoms with Crippen LogP contribution in [0.2, 0.25) is 5.15 Å². The highest BCUT2D eigenvalue weighted by atomic mass is 35.5. The number of halogens is 1. The van der Waals surface area contributed by atoms with Gasteiger partial charge in [0, 0.05) is 11.6 Å². The van der Waals surface area contributed by atoms with E-state index in [0.717, 1.165) is 0 Å². The standard InChI is InChI=1S/C11H14ClN3O4S2/c1-6(2)7(10(16)19-3)14-21(17,18)9-8(12)13-11-15(9)4-5-20-11/h4-7,14H,1-3H3. The summed E-state index contributed by atoms with van der Waals surface area (Å²) < 4.78 is 33.3. The van der Waals surface area contributed by atoms with Gasteiger partial charge in [0.25, 0.3) is 10.0 Å². The quantitative estimate of drug-likeness (QED) is 0.825. The number of nitrogens with one attached hydrogen (secondary N) is 1. The van der Waals surface area contributed by atoms with Crippen LogP contribution in [0.3, 0.4) is 0 Å². The summed E-state index contributed by atoms with van der Waals surface area (Å²) in [5, 5.41) is 1.37. The molecule has 0 amide bonds. The Morgan fingerprint density at radius 2 is 2.19 bits per heavy atom. The van der Waals surface area contributed by atoms with E-state index in [1.54, 1.807) is 25.4 Å². The topological polar surface area (TPSA) is 89.8 Å². The number of rotatable bonds is 5. The summed E-state index contributed by atoms with van der Waals surface area (Å²) in [5.41, 5.74) is 0. The maximum atomic E-state index is 12.5. The first-order valence-corrected chi connectivity index (χ1v) is 8.73. The van der Waals surface area contributed by atoms with E-state index in [-0.39, 0.29) is 16.1 Å². The number of fused-ring (bicyclic) bond motifs is 1. The lowest BCUT2D eigenvalue weighted by molar-refractivity contribution is -0.143. The number of esters is 1. The van der Waals surface area contributed by atoms with Crippen LogP contribution in [0.5, 0.6) is 0 Å². The zero-order valence-electron chi connectivity index (χ0n) is 11.5. The van der Waals surface area contributed by atoms with Crippen molar-refractivity contribution in [2.45, 2.75) is 24.9 Å². The summed E-state index contributed by atoms with van der Waals surface area (Å²) in [6.07, 6.45) is 1.55. The van der Waals surface area contributed by atoms with Gasteiger partial charge in [0.1, 0.15) is 6.04 Å². The number of nitrogens with zero attached hydrogens (tertiary/aromatic N) is 2. The number of hydrogen-bond donors (Lipinski definition) is 1. The second kappa shape index (κ2) is 5.91. The molecule has 2 heterocycles. The molecule has 1 atom stereocenters. The molecular formula is C11H14ClN3O4S2. The maximum Gasteiger partial charge on any atom is 0.324 e. The zero-order chi connectivity index (χ0) is 15.8. The van der Waals surface area contributed by atoms with Crippen molar-refractivity contribution >= 4 is 43.9 Å². The minimum atomic E-state index is -4.02. The third-order valence-electron chi connectivity index (χ3n) is 2.84. The van der Waals surface area contributed by atoms with Crippen LogP contribution >= 0.6 is 22.9 Å². The highest BCUT2D eigenvalue weighted by Crippen LogP contribution is 2.25. The Morgan fingerprint density at radius 3 is 2.76 bits per heavy atom. The first-order valence-electron chi connectivity index (χ1n) is 5.99. The van der Waals surface area contributed by atoms with Gasteiger partial charge in [-0.2, -0.15) is 4.72 Å². The third-order valence-corrected chi connectivity index (χ3v) is 5.43. The van der Waals surface area contributed by atoms with Gasteiger partial charge in [0.2, 0.25) is 0 Å². The van der Waals surface area contributed by atoms with Gasteiger partial charge >= 0.3 is 5.97 Å². The number of carbonyl (C=O) groups is 1. The Kier molecular flexibility index (Phi) is 4.57. The van der Waals surface area contributed by atoms with E-state index in [2.05, 4.69) is 14.4 Å². The SMILES string of the molecule is COC(=O)C(NS(=O)(=O)c1c(Cl)nc2sccn12)C(C)C. The lowest BCUT2D eigenvalue weighted by Crippen LogP contribution is -2.45. The molecule has 2 rings (SSSR count). The molecule has 116 valence electrons. The molecule has 1 unspecified atom stereocenters. The molecule has 0 aliphatic rings. The molecule has 0 bridgehead atoms. The highest BCUT2D eigenvalue weighted by Gasteiger charge is 2.32. The van der Waals surface area contributed by atoms with Gasteiger partial charge in [-0.25, -0.2) is 13.4 Å². The van der Waals surface area contributed by atoms with Crippen LogP contribution in [-0.2, 0) is 19.6 Å². The highest BCUT2D eigenvalue weighted by molar-refractivity contribution is 7.89. The second-order valence-electron chi connectivity index (χ2n) is 4.63. The summed E-state index contributed by atoms with van der Waals surface area (Å²) in [4.78, 5) is 16.1. The number of hydrogen-bond acceptors (Lipinski definition) is 6. The van der Waals surface area contributed by atoms with E-state index in [4.69, 9.17) is 11.6 Å². The summed E-state index contributed by atoms with van der Waals surface area (Å²) in [6.45, 7) is 3.42. The lowest BCUT2D eigenvalue weighted by Gasteiger charge is -2.19. The fourth-order valence-electron chi connectivity index (χ4n) is 1.79. The van der Waals surface area contributed by atoms with Crippen LogP contribution in [0.1, 0.15) is 13.8 Å². The minimum Gasteiger partial charge on any atom is -0.468 e. The molecule has 1 N–H and O–H groups in total. The van der Waals surface area contributed by atoms with Crippen LogP contribution in [0.25, 0.3) is 4.96 Å². The number of carbonyl (C=O) groups excluding carboxylic acids is 1. The van der Waals surface area contributed by atoms with Gasteiger partial charge in [0.05, 0.1) is 7.11 Å². The molecule has 2 aromatic rings. The zero-order valence-corrected chi connectivity index (χ0v) is 13.9. The predicted octanol–water partition coefficient (Wildman–Crippen LogP) is 1.53. The Morgan fingerprint density at radius 1 is 1.52 bits per heavy atom. The summed E-state index contributed by atoms with van der Waals surface area (Å²) in [5.74, 6) is -0.937. The van der Waals surface area contributed by atoms with Crippen LogP contribution in [0, 0.1) is 5.92 Å². The number of thiazole rings is 1. The number of imidazole rings is 1. The third kappa shape index (κ3) is 3.05. The van der Waals surface area contributed by atoms with E-state index < -0.39 is 22.0 Å². The van der Waals surface area contributed by atoms with E-state index in [1.807, 2.05) is 0 Å². The Balaban J connectivity index is 2.44. The van der Waals surface area contributed by atoms with E-state index in [0.29, 0.717) is 4.96 Å². The summed E-state index contributed by atoms with van der Waals surface area (Å²) in [6, 6.07) is -1.000. The molecule has 0 spiro atoms. The number of sulfonamides is 1. The maximum absolute atomic E-state index is 12.5. The van der Waals surface area contributed by atoms with Gasteiger partial charge in [-0.1, -0.05) is 25.4 Å². The monoisotopic (exact) mass is 351 g/mol. The molecule has 0 saturated heterocycles. The molecule has 0 fully saturated rings. The van der Waals surface area contributed by atoms with Crippen molar-refractivity contribution < 1.29 is 17.9 Å². The number of aromatic nitrogens is 2. The first-order chi connectivity index (χ1) is 9.77. The predicted molar refractivity (Wildman–Crippen MR) is 79.0 cm³/mol. The minimum absolute atomic E-state index is 0.137. The summed E-state index contributed by atoms with van der Waals surface area (Å²) >= 11 is 7.17. The molecule has 0 aromatic carbocycles. The summed E-state index contributed by atoms with van der Waals surface area (Å²) in [7, 11) is -2.82. The van der Waals surface area contributed by atoms with Crippen LogP contribution in [-0.4, -0.2) is 36.9 Å². The van der Waals surface area contributed by atoms with E-state index in [9.17, 15) is 13.2 Å². The van der Waals surface area contributed by atoms with Gasteiger partial charge in [-0.3, -0.25) is 9.20 Å². The molecule has 7 nitrogen and oxygen atoms in total. The number of methoxy groups -OCH3 is 1. The molecule has 0 saturated carbocycles. The van der Waals surface area contributed by atoms with Gasteiger partial charge in [-0.05, 0) is 5.92 Å². The van der Waals surface area contributed by atoms with Gasteiger partial charge in [0.15, 0.2) is 15.1 Å². The van der Waals surface area contributed by atoms with Crippen LogP contribution in [0.4, 0.5) is 0 Å². The van der Waals surface area contributed by atoms with Crippen molar-refractivity contribution in [3.05, 3.63) is 16.7 Å². The van der Waals surface area contributed by atoms with Crippen LogP contribution < -0.4 is 4.72 Å². The van der Waals surface area contributed by atoms with Crippen molar-refractivity contribution in [1.82, 2.24) is 14.1 Å². The molecular weight excluding hydrogens is 338 g/mol. The van der Waals surface area contributed by atoms with Crippen molar-refractivity contribution in [1.29, 1.82) is 0 Å². The first kappa shape index (κ1) is 16.2. The average molecular weight is 352 g/mol. The molecule has 0 aliphatic carbocycles. The van der Waals surface area contributed by atoms with Gasteiger partial charge in [-0.15, -0.1) is 11.3 Å². The lowest BCUT2D eigenvalue weighted by atomic mass is 10.1. The normalized spacial score (nSPS) is 13.8. The Bertz CT molecular complexity index is 766. The van der Waals surface area contributed by atoms with E-state index in [1.165, 1.54) is 22.8 Å². The molecule has 0 aliphatic heterocycles. The van der Waals surface area contributed by atoms with Crippen molar-refractivity contribution in [2.75, 3.05) is 7.11 Å². The Labute approximate surface area is 130 Å². The fourth-order valence-corrected chi connectivity index (χ4v) is 4.57. The Hall–Kier alpha value is -1.16. The smallest absolute Gasteiger partial charge is 0.324 e. The fraction of sp³-hybridized carbons (Fsp3) is 0.455. The van der Waals surface area contributed by atoms with Crippen molar-refractivity contribution in [3.8, 4) is 0 Å². The molecule has 0 radical (unpaired) electrons.